The van der Waals surface area contributed by atoms with Crippen molar-refractivity contribution in [1.29, 1.82) is 0 Å². The minimum absolute atomic E-state index is 0.123. The number of hydrogen-bond donors (Lipinski definition) is 0. The molecule has 1 fully saturated rings. The smallest absolute Gasteiger partial charge is 0.303 e. The third-order valence-electron chi connectivity index (χ3n) is 1.88. The number of ether oxygens (including phenoxy) is 2. The van der Waals surface area contributed by atoms with Gasteiger partial charge in [0.05, 0.1) is 0 Å². The lowest BCUT2D eigenvalue weighted by Gasteiger charge is -2.20. The fraction of sp³-hybridized carbons (Fsp3) is 0.714. The number of likely N-dealkylation sites (tertiary alicyclic amines) is 1. The van der Waals surface area contributed by atoms with Gasteiger partial charge in [0.1, 0.15) is 12.5 Å². The molecule has 0 radical (unpaired) electrons. The molecule has 0 atom stereocenters. The van der Waals surface area contributed by atoms with Crippen LogP contribution < -0.4 is 0 Å². The van der Waals surface area contributed by atoms with Crippen LogP contribution in [-0.2, 0) is 9.47 Å². The summed E-state index contributed by atoms with van der Waals surface area (Å²) in [6.07, 6.45) is 5.61. The first-order valence-corrected chi connectivity index (χ1v) is 3.67. The number of hydrogen-bond acceptors (Lipinski definition) is 3. The first-order chi connectivity index (χ1) is 4.97. The summed E-state index contributed by atoms with van der Waals surface area (Å²) in [5.41, 5.74) is 0. The number of rotatable bonds is 1. The highest BCUT2D eigenvalue weighted by molar-refractivity contribution is 4.74. The van der Waals surface area contributed by atoms with Gasteiger partial charge in [0, 0.05) is 13.1 Å². The van der Waals surface area contributed by atoms with Crippen LogP contribution in [0.3, 0.4) is 0 Å². The molecule has 0 saturated carbocycles. The van der Waals surface area contributed by atoms with Gasteiger partial charge >= 0.3 is 6.41 Å². The molecule has 0 amide bonds. The molecule has 1 saturated heterocycles. The van der Waals surface area contributed by atoms with E-state index in [1.54, 1.807) is 12.5 Å². The molecule has 0 unspecified atom stereocenters. The highest BCUT2D eigenvalue weighted by Gasteiger charge is 2.24. The van der Waals surface area contributed by atoms with E-state index in [9.17, 15) is 0 Å². The maximum Gasteiger partial charge on any atom is 0.303 e. The predicted octanol–water partition coefficient (Wildman–Crippen LogP) is 0.884. The Balaban J connectivity index is 1.87. The van der Waals surface area contributed by atoms with Crippen molar-refractivity contribution in [2.45, 2.75) is 19.3 Å². The summed E-state index contributed by atoms with van der Waals surface area (Å²) in [4.78, 5) is 2.19. The van der Waals surface area contributed by atoms with Gasteiger partial charge in [-0.25, -0.2) is 4.90 Å². The van der Waals surface area contributed by atoms with Crippen molar-refractivity contribution >= 4 is 0 Å². The third-order valence-corrected chi connectivity index (χ3v) is 1.88. The van der Waals surface area contributed by atoms with Gasteiger partial charge < -0.3 is 9.47 Å². The lowest BCUT2D eigenvalue weighted by Crippen LogP contribution is -2.32. The van der Waals surface area contributed by atoms with E-state index in [0.29, 0.717) is 0 Å². The fourth-order valence-corrected chi connectivity index (χ4v) is 1.36. The molecule has 0 N–H and O–H groups in total. The van der Waals surface area contributed by atoms with E-state index in [-0.39, 0.29) is 6.41 Å². The van der Waals surface area contributed by atoms with E-state index in [2.05, 4.69) is 4.90 Å². The summed E-state index contributed by atoms with van der Waals surface area (Å²) < 4.78 is 10.3. The average Bonchev–Trinajstić information content (AvgIpc) is 2.59. The Bertz CT molecular complexity index is 133. The third kappa shape index (κ3) is 0.968. The molecule has 0 aromatic rings. The maximum atomic E-state index is 5.16. The van der Waals surface area contributed by atoms with Crippen LogP contribution in [0.5, 0.6) is 0 Å². The van der Waals surface area contributed by atoms with Gasteiger partial charge in [-0.15, -0.1) is 0 Å². The molecule has 2 heterocycles. The molecule has 2 aliphatic heterocycles. The van der Waals surface area contributed by atoms with Gasteiger partial charge in [-0.1, -0.05) is 0 Å². The average molecular weight is 141 g/mol. The lowest BCUT2D eigenvalue weighted by atomic mass is 10.4. The summed E-state index contributed by atoms with van der Waals surface area (Å²) in [6.45, 7) is 2.21. The van der Waals surface area contributed by atoms with Gasteiger partial charge in [-0.05, 0) is 12.8 Å². The first-order valence-electron chi connectivity index (χ1n) is 3.67. The highest BCUT2D eigenvalue weighted by Crippen LogP contribution is 2.16. The lowest BCUT2D eigenvalue weighted by molar-refractivity contribution is -0.129. The van der Waals surface area contributed by atoms with Crippen molar-refractivity contribution in [1.82, 2.24) is 4.90 Å². The second-order valence-electron chi connectivity index (χ2n) is 2.59. The minimum Gasteiger partial charge on any atom is -0.446 e. The molecule has 2 aliphatic rings. The summed E-state index contributed by atoms with van der Waals surface area (Å²) in [5, 5.41) is 0. The zero-order valence-electron chi connectivity index (χ0n) is 5.82. The molecule has 0 bridgehead atoms. The fourth-order valence-electron chi connectivity index (χ4n) is 1.36. The second-order valence-corrected chi connectivity index (χ2v) is 2.59. The van der Waals surface area contributed by atoms with Crippen LogP contribution in [0.2, 0.25) is 0 Å². The van der Waals surface area contributed by atoms with Crippen LogP contribution in [0.25, 0.3) is 0 Å². The Morgan fingerprint density at radius 1 is 1.10 bits per heavy atom. The van der Waals surface area contributed by atoms with Gasteiger partial charge in [0.25, 0.3) is 0 Å². The molecular weight excluding hydrogens is 130 g/mol. The molecule has 0 aromatic heterocycles. The zero-order chi connectivity index (χ0) is 6.81. The molecule has 3 heteroatoms. The Morgan fingerprint density at radius 2 is 1.70 bits per heavy atom. The standard InChI is InChI=1S/C7H11NO2/c1-2-4-8(3-1)7-9-5-6-10-7/h5-7H,1-4H2. The quantitative estimate of drug-likeness (QED) is 0.541. The van der Waals surface area contributed by atoms with Crippen LogP contribution in [0.1, 0.15) is 12.8 Å². The minimum atomic E-state index is -0.123. The van der Waals surface area contributed by atoms with E-state index in [0.717, 1.165) is 13.1 Å². The first kappa shape index (κ1) is 6.04. The van der Waals surface area contributed by atoms with Crippen molar-refractivity contribution in [3.63, 3.8) is 0 Å². The maximum absolute atomic E-state index is 5.16. The van der Waals surface area contributed by atoms with Crippen molar-refractivity contribution < 1.29 is 9.47 Å². The van der Waals surface area contributed by atoms with Crippen LogP contribution >= 0.6 is 0 Å². The Labute approximate surface area is 60.2 Å². The van der Waals surface area contributed by atoms with Crippen LogP contribution in [0.4, 0.5) is 0 Å². The van der Waals surface area contributed by atoms with Crippen molar-refractivity contribution in [3.05, 3.63) is 12.5 Å². The molecule has 2 rings (SSSR count). The molecule has 0 aliphatic carbocycles. The molecule has 10 heavy (non-hydrogen) atoms. The van der Waals surface area contributed by atoms with Crippen LogP contribution in [0, 0.1) is 0 Å². The predicted molar refractivity (Wildman–Crippen MR) is 35.9 cm³/mol. The summed E-state index contributed by atoms with van der Waals surface area (Å²) in [6, 6.07) is 0. The van der Waals surface area contributed by atoms with Crippen molar-refractivity contribution in [2.75, 3.05) is 13.1 Å². The van der Waals surface area contributed by atoms with Crippen LogP contribution in [-0.4, -0.2) is 24.4 Å². The largest absolute Gasteiger partial charge is 0.446 e. The summed E-state index contributed by atoms with van der Waals surface area (Å²) in [7, 11) is 0. The van der Waals surface area contributed by atoms with E-state index >= 15 is 0 Å². The normalized spacial score (nSPS) is 26.8. The second kappa shape index (κ2) is 2.50. The van der Waals surface area contributed by atoms with E-state index in [1.165, 1.54) is 12.8 Å². The zero-order valence-corrected chi connectivity index (χ0v) is 5.82. The molecule has 0 spiro atoms. The van der Waals surface area contributed by atoms with E-state index in [4.69, 9.17) is 9.47 Å². The van der Waals surface area contributed by atoms with Gasteiger partial charge in [-0.3, -0.25) is 0 Å². The number of nitrogens with zero attached hydrogens (tertiary/aromatic N) is 1. The monoisotopic (exact) mass is 141 g/mol. The van der Waals surface area contributed by atoms with E-state index < -0.39 is 0 Å². The molecule has 0 aromatic carbocycles. The van der Waals surface area contributed by atoms with Crippen LogP contribution in [0.15, 0.2) is 12.5 Å². The molecule has 56 valence electrons. The Morgan fingerprint density at radius 3 is 2.30 bits per heavy atom. The topological polar surface area (TPSA) is 21.7 Å². The van der Waals surface area contributed by atoms with Gasteiger partial charge in [0.2, 0.25) is 0 Å². The van der Waals surface area contributed by atoms with Gasteiger partial charge in [0.15, 0.2) is 0 Å². The highest BCUT2D eigenvalue weighted by atomic mass is 16.7. The summed E-state index contributed by atoms with van der Waals surface area (Å²) in [5.74, 6) is 0. The van der Waals surface area contributed by atoms with Crippen molar-refractivity contribution in [2.24, 2.45) is 0 Å². The SMILES string of the molecule is C1=COC(N2CCCC2)O1. The Kier molecular flexibility index (Phi) is 1.51. The Hall–Kier alpha value is -0.700. The molecule has 3 nitrogen and oxygen atoms in total. The van der Waals surface area contributed by atoms with Crippen molar-refractivity contribution in [3.8, 4) is 0 Å². The summed E-state index contributed by atoms with van der Waals surface area (Å²) >= 11 is 0. The van der Waals surface area contributed by atoms with Gasteiger partial charge in [-0.2, -0.15) is 0 Å². The molecular formula is C7H11NO2. The van der Waals surface area contributed by atoms with E-state index in [1.807, 2.05) is 0 Å².